The third-order valence-electron chi connectivity index (χ3n) is 3.83. The van der Waals surface area contributed by atoms with E-state index in [9.17, 15) is 4.79 Å². The number of anilines is 1. The van der Waals surface area contributed by atoms with Gasteiger partial charge in [0.25, 0.3) is 5.91 Å². The van der Waals surface area contributed by atoms with Crippen LogP contribution in [0.1, 0.15) is 10.4 Å². The van der Waals surface area contributed by atoms with Gasteiger partial charge in [-0.05, 0) is 47.4 Å². The lowest BCUT2D eigenvalue weighted by molar-refractivity contribution is -0.114. The standard InChI is InChI=1S/C20H14BrN3OS2/c21-15-5-7-17-18(11-15)27-20(23-17)24(13-14-3-1-9-22-12-14)19(25)8-6-16-4-2-10-26-16/h1-12H,13H2. The van der Waals surface area contributed by atoms with Gasteiger partial charge in [0, 0.05) is 27.8 Å². The van der Waals surface area contributed by atoms with Crippen molar-refractivity contribution < 1.29 is 4.79 Å². The lowest BCUT2D eigenvalue weighted by Crippen LogP contribution is -2.28. The maximum Gasteiger partial charge on any atom is 0.253 e. The fourth-order valence-corrected chi connectivity index (χ4v) is 4.69. The Morgan fingerprint density at radius 3 is 2.93 bits per heavy atom. The van der Waals surface area contributed by atoms with Gasteiger partial charge in [0.1, 0.15) is 0 Å². The number of hydrogen-bond acceptors (Lipinski definition) is 5. The minimum absolute atomic E-state index is 0.106. The second-order valence-corrected chi connectivity index (χ2v) is 8.65. The molecular weight excluding hydrogens is 442 g/mol. The molecule has 0 fully saturated rings. The average molecular weight is 456 g/mol. The smallest absolute Gasteiger partial charge is 0.253 e. The van der Waals surface area contributed by atoms with Crippen LogP contribution in [0.4, 0.5) is 5.13 Å². The minimum atomic E-state index is -0.106. The quantitative estimate of drug-likeness (QED) is 0.359. The highest BCUT2D eigenvalue weighted by atomic mass is 79.9. The second-order valence-electron chi connectivity index (χ2n) is 5.74. The summed E-state index contributed by atoms with van der Waals surface area (Å²) in [7, 11) is 0. The van der Waals surface area contributed by atoms with Crippen LogP contribution in [-0.2, 0) is 11.3 Å². The van der Waals surface area contributed by atoms with Crippen LogP contribution < -0.4 is 4.90 Å². The number of thiophene rings is 1. The molecule has 0 aliphatic carbocycles. The van der Waals surface area contributed by atoms with Gasteiger partial charge < -0.3 is 0 Å². The number of carbonyl (C=O) groups excluding carboxylic acids is 1. The number of hydrogen-bond donors (Lipinski definition) is 0. The predicted molar refractivity (Wildman–Crippen MR) is 116 cm³/mol. The maximum atomic E-state index is 13.0. The zero-order chi connectivity index (χ0) is 18.6. The molecule has 7 heteroatoms. The number of halogens is 1. The number of rotatable bonds is 5. The molecule has 0 unspecified atom stereocenters. The molecule has 1 amide bonds. The first-order chi connectivity index (χ1) is 13.2. The van der Waals surface area contributed by atoms with Gasteiger partial charge in [-0.2, -0.15) is 0 Å². The molecule has 0 saturated carbocycles. The first-order valence-corrected chi connectivity index (χ1v) is 10.7. The van der Waals surface area contributed by atoms with Crippen molar-refractivity contribution in [3.05, 3.63) is 81.2 Å². The Hall–Kier alpha value is -2.35. The third kappa shape index (κ3) is 4.32. The largest absolute Gasteiger partial charge is 0.280 e. The highest BCUT2D eigenvalue weighted by molar-refractivity contribution is 9.10. The van der Waals surface area contributed by atoms with Crippen molar-refractivity contribution in [2.24, 2.45) is 0 Å². The maximum absolute atomic E-state index is 13.0. The third-order valence-corrected chi connectivity index (χ3v) is 6.20. The molecule has 27 heavy (non-hydrogen) atoms. The minimum Gasteiger partial charge on any atom is -0.280 e. The fraction of sp³-hybridized carbons (Fsp3) is 0.0500. The molecule has 0 radical (unpaired) electrons. The molecule has 0 aliphatic rings. The average Bonchev–Trinajstić information content (AvgIpc) is 3.34. The number of thiazole rings is 1. The molecule has 0 bridgehead atoms. The van der Waals surface area contributed by atoms with Crippen molar-refractivity contribution in [1.82, 2.24) is 9.97 Å². The molecule has 4 aromatic rings. The molecular formula is C20H14BrN3OS2. The van der Waals surface area contributed by atoms with Gasteiger partial charge in [0.15, 0.2) is 5.13 Å². The molecule has 0 aliphatic heterocycles. The van der Waals surface area contributed by atoms with Crippen molar-refractivity contribution in [3.63, 3.8) is 0 Å². The van der Waals surface area contributed by atoms with Crippen molar-refractivity contribution in [3.8, 4) is 0 Å². The van der Waals surface area contributed by atoms with Gasteiger partial charge in [0.05, 0.1) is 16.8 Å². The molecule has 0 spiro atoms. The Balaban J connectivity index is 1.68. The number of pyridine rings is 1. The Morgan fingerprint density at radius 2 is 2.15 bits per heavy atom. The summed E-state index contributed by atoms with van der Waals surface area (Å²) < 4.78 is 2.03. The normalized spacial score (nSPS) is 11.3. The van der Waals surface area contributed by atoms with Crippen molar-refractivity contribution >= 4 is 65.9 Å². The monoisotopic (exact) mass is 455 g/mol. The zero-order valence-electron chi connectivity index (χ0n) is 14.1. The Labute approximate surface area is 173 Å². The Morgan fingerprint density at radius 1 is 1.22 bits per heavy atom. The lowest BCUT2D eigenvalue weighted by atomic mass is 10.2. The number of fused-ring (bicyclic) bond motifs is 1. The summed E-state index contributed by atoms with van der Waals surface area (Å²) in [5.41, 5.74) is 1.83. The number of carbonyl (C=O) groups is 1. The first kappa shape index (κ1) is 18.0. The number of nitrogens with zero attached hydrogens (tertiary/aromatic N) is 3. The van der Waals surface area contributed by atoms with Crippen LogP contribution in [0, 0.1) is 0 Å². The van der Waals surface area contributed by atoms with Crippen molar-refractivity contribution in [1.29, 1.82) is 0 Å². The van der Waals surface area contributed by atoms with E-state index in [0.29, 0.717) is 11.7 Å². The Kier molecular flexibility index (Phi) is 5.42. The Bertz CT molecular complexity index is 1090. The van der Waals surface area contributed by atoms with E-state index in [1.54, 1.807) is 34.7 Å². The second kappa shape index (κ2) is 8.12. The van der Waals surface area contributed by atoms with Crippen molar-refractivity contribution in [2.45, 2.75) is 6.54 Å². The van der Waals surface area contributed by atoms with E-state index in [1.807, 2.05) is 53.9 Å². The summed E-state index contributed by atoms with van der Waals surface area (Å²) in [6.45, 7) is 0.419. The first-order valence-electron chi connectivity index (χ1n) is 8.17. The van der Waals surface area contributed by atoms with Crippen LogP contribution in [0.2, 0.25) is 0 Å². The molecule has 134 valence electrons. The van der Waals surface area contributed by atoms with E-state index in [0.717, 1.165) is 25.1 Å². The molecule has 4 rings (SSSR count). The summed E-state index contributed by atoms with van der Waals surface area (Å²) in [6, 6.07) is 13.7. The molecule has 0 saturated heterocycles. The van der Waals surface area contributed by atoms with Crippen LogP contribution >= 0.6 is 38.6 Å². The molecule has 0 N–H and O–H groups in total. The van der Waals surface area contributed by atoms with Gasteiger partial charge in [-0.1, -0.05) is 39.4 Å². The SMILES string of the molecule is O=C(C=Cc1cccs1)N(Cc1cccnc1)c1nc2ccc(Br)cc2s1. The number of amides is 1. The van der Waals surface area contributed by atoms with Gasteiger partial charge >= 0.3 is 0 Å². The van der Waals surface area contributed by atoms with E-state index in [1.165, 1.54) is 11.3 Å². The summed E-state index contributed by atoms with van der Waals surface area (Å²) in [5, 5.41) is 2.66. The lowest BCUT2D eigenvalue weighted by Gasteiger charge is -2.18. The van der Waals surface area contributed by atoms with Crippen LogP contribution in [0.25, 0.3) is 16.3 Å². The highest BCUT2D eigenvalue weighted by Gasteiger charge is 2.18. The van der Waals surface area contributed by atoms with Crippen LogP contribution in [0.15, 0.2) is 70.8 Å². The van der Waals surface area contributed by atoms with Crippen LogP contribution in [0.3, 0.4) is 0 Å². The van der Waals surface area contributed by atoms with E-state index < -0.39 is 0 Å². The fourth-order valence-electron chi connectivity index (χ4n) is 2.55. The molecule has 4 nitrogen and oxygen atoms in total. The summed E-state index contributed by atoms with van der Waals surface area (Å²) in [6.07, 6.45) is 6.94. The number of aromatic nitrogens is 2. The van der Waals surface area contributed by atoms with Gasteiger partial charge in [0.2, 0.25) is 0 Å². The molecule has 0 atom stereocenters. The summed E-state index contributed by atoms with van der Waals surface area (Å²) in [5.74, 6) is -0.106. The van der Waals surface area contributed by atoms with Crippen molar-refractivity contribution in [2.75, 3.05) is 4.90 Å². The molecule has 3 heterocycles. The zero-order valence-corrected chi connectivity index (χ0v) is 17.3. The van der Waals surface area contributed by atoms with E-state index in [4.69, 9.17) is 0 Å². The number of benzene rings is 1. The topological polar surface area (TPSA) is 46.1 Å². The highest BCUT2D eigenvalue weighted by Crippen LogP contribution is 2.32. The van der Waals surface area contributed by atoms with Crippen LogP contribution in [0.5, 0.6) is 0 Å². The molecule has 1 aromatic carbocycles. The van der Waals surface area contributed by atoms with Gasteiger partial charge in [-0.3, -0.25) is 14.7 Å². The predicted octanol–water partition coefficient (Wildman–Crippen LogP) is 5.76. The van der Waals surface area contributed by atoms with E-state index >= 15 is 0 Å². The molecule has 3 aromatic heterocycles. The van der Waals surface area contributed by atoms with Crippen LogP contribution in [-0.4, -0.2) is 15.9 Å². The van der Waals surface area contributed by atoms with E-state index in [2.05, 4.69) is 25.9 Å². The van der Waals surface area contributed by atoms with Gasteiger partial charge in [-0.25, -0.2) is 4.98 Å². The van der Waals surface area contributed by atoms with Gasteiger partial charge in [-0.15, -0.1) is 11.3 Å². The summed E-state index contributed by atoms with van der Waals surface area (Å²) >= 11 is 6.59. The van der Waals surface area contributed by atoms with E-state index in [-0.39, 0.29) is 5.91 Å². The summed E-state index contributed by atoms with van der Waals surface area (Å²) in [4.78, 5) is 24.5.